The minimum Gasteiger partial charge on any atom is -0.493 e. The number of halogens is 3. The second-order valence-electron chi connectivity index (χ2n) is 6.85. The maximum atomic E-state index is 6.44. The van der Waals surface area contributed by atoms with Crippen molar-refractivity contribution in [1.82, 2.24) is 25.0 Å². The molecule has 3 aromatic heterocycles. The summed E-state index contributed by atoms with van der Waals surface area (Å²) in [6.45, 7) is 0. The number of rotatable bonds is 4. The van der Waals surface area contributed by atoms with Gasteiger partial charge in [0, 0.05) is 28.2 Å². The molecule has 10 heteroatoms. The van der Waals surface area contributed by atoms with Gasteiger partial charge in [-0.3, -0.25) is 0 Å². The number of pyridine rings is 1. The molecule has 32 heavy (non-hydrogen) atoms. The molecule has 0 atom stereocenters. The SMILES string of the molecule is COc1cc2nnc3c(c(-c4ccc(Cl)cc4)nn3-c3ncc(Cl)cc3Cl)c2cc1OC. The highest BCUT2D eigenvalue weighted by atomic mass is 35.5. The Morgan fingerprint density at radius 1 is 0.844 bits per heavy atom. The Bertz CT molecular complexity index is 1490. The van der Waals surface area contributed by atoms with Gasteiger partial charge in [-0.1, -0.05) is 46.9 Å². The van der Waals surface area contributed by atoms with Crippen molar-refractivity contribution >= 4 is 56.7 Å². The number of nitrogens with zero attached hydrogens (tertiary/aromatic N) is 5. The zero-order valence-electron chi connectivity index (χ0n) is 16.8. The summed E-state index contributed by atoms with van der Waals surface area (Å²) in [4.78, 5) is 4.36. The third-order valence-electron chi connectivity index (χ3n) is 4.99. The number of hydrogen-bond acceptors (Lipinski definition) is 6. The molecule has 0 bridgehead atoms. The van der Waals surface area contributed by atoms with Gasteiger partial charge in [-0.05, 0) is 24.3 Å². The maximum absolute atomic E-state index is 6.44. The fraction of sp³-hybridized carbons (Fsp3) is 0.0909. The second-order valence-corrected chi connectivity index (χ2v) is 8.13. The van der Waals surface area contributed by atoms with Gasteiger partial charge in [-0.15, -0.1) is 10.2 Å². The highest BCUT2D eigenvalue weighted by Gasteiger charge is 2.22. The molecule has 3 heterocycles. The molecular formula is C22H14Cl3N5O2. The number of fused-ring (bicyclic) bond motifs is 3. The summed E-state index contributed by atoms with van der Waals surface area (Å²) in [6, 6.07) is 12.6. The standard InChI is InChI=1S/C22H14Cl3N5O2/c1-31-17-8-14-16(9-18(17)32-2)27-28-22-19(14)20(11-3-5-12(23)6-4-11)29-30(22)21-15(25)7-13(24)10-26-21/h3-10H,1-2H3. The van der Waals surface area contributed by atoms with E-state index in [1.54, 1.807) is 43.2 Å². The smallest absolute Gasteiger partial charge is 0.188 e. The van der Waals surface area contributed by atoms with Crippen LogP contribution in [0.25, 0.3) is 39.0 Å². The Kier molecular flexibility index (Phi) is 5.25. The summed E-state index contributed by atoms with van der Waals surface area (Å²) in [5.74, 6) is 1.50. The molecule has 0 aliphatic rings. The Morgan fingerprint density at radius 3 is 2.25 bits per heavy atom. The average molecular weight is 487 g/mol. The fourth-order valence-electron chi connectivity index (χ4n) is 3.52. The first-order valence-corrected chi connectivity index (χ1v) is 10.5. The largest absolute Gasteiger partial charge is 0.493 e. The van der Waals surface area contributed by atoms with Gasteiger partial charge in [0.1, 0.15) is 5.69 Å². The quantitative estimate of drug-likeness (QED) is 0.310. The van der Waals surface area contributed by atoms with E-state index in [1.165, 1.54) is 6.20 Å². The van der Waals surface area contributed by atoms with E-state index < -0.39 is 0 Å². The average Bonchev–Trinajstić information content (AvgIpc) is 3.18. The van der Waals surface area contributed by atoms with E-state index in [2.05, 4.69) is 15.2 Å². The number of benzene rings is 2. The van der Waals surface area contributed by atoms with E-state index in [1.807, 2.05) is 18.2 Å². The van der Waals surface area contributed by atoms with Crippen LogP contribution < -0.4 is 9.47 Å². The van der Waals surface area contributed by atoms with E-state index in [4.69, 9.17) is 49.4 Å². The third kappa shape index (κ3) is 3.39. The lowest BCUT2D eigenvalue weighted by molar-refractivity contribution is 0.356. The van der Waals surface area contributed by atoms with Crippen LogP contribution in [0.3, 0.4) is 0 Å². The molecule has 0 spiro atoms. The minimum absolute atomic E-state index is 0.332. The van der Waals surface area contributed by atoms with Gasteiger partial charge in [-0.2, -0.15) is 9.78 Å². The van der Waals surface area contributed by atoms with Crippen molar-refractivity contribution in [2.24, 2.45) is 0 Å². The molecule has 0 N–H and O–H groups in total. The van der Waals surface area contributed by atoms with Gasteiger partial charge >= 0.3 is 0 Å². The molecule has 5 aromatic rings. The monoisotopic (exact) mass is 485 g/mol. The number of methoxy groups -OCH3 is 2. The van der Waals surface area contributed by atoms with Crippen LogP contribution in [0.1, 0.15) is 0 Å². The van der Waals surface area contributed by atoms with Gasteiger partial charge < -0.3 is 9.47 Å². The predicted molar refractivity (Wildman–Crippen MR) is 126 cm³/mol. The summed E-state index contributed by atoms with van der Waals surface area (Å²) in [5.41, 5.74) is 2.61. The number of hydrogen-bond donors (Lipinski definition) is 0. The first-order valence-electron chi connectivity index (χ1n) is 9.38. The van der Waals surface area contributed by atoms with Crippen LogP contribution >= 0.6 is 34.8 Å². The third-order valence-corrected chi connectivity index (χ3v) is 5.73. The summed E-state index contributed by atoms with van der Waals surface area (Å²) in [5, 5.41) is 16.5. The molecule has 5 rings (SSSR count). The molecule has 2 aromatic carbocycles. The maximum Gasteiger partial charge on any atom is 0.188 e. The molecule has 0 unspecified atom stereocenters. The summed E-state index contributed by atoms with van der Waals surface area (Å²) in [6.07, 6.45) is 1.50. The molecule has 0 amide bonds. The van der Waals surface area contributed by atoms with Crippen LogP contribution in [0.15, 0.2) is 48.7 Å². The fourth-order valence-corrected chi connectivity index (χ4v) is 4.11. The van der Waals surface area contributed by atoms with Crippen molar-refractivity contribution in [2.75, 3.05) is 14.2 Å². The van der Waals surface area contributed by atoms with Crippen LogP contribution in [0.4, 0.5) is 0 Å². The minimum atomic E-state index is 0.332. The molecule has 0 fully saturated rings. The van der Waals surface area contributed by atoms with Crippen molar-refractivity contribution in [1.29, 1.82) is 0 Å². The van der Waals surface area contributed by atoms with Gasteiger partial charge in [0.15, 0.2) is 23.0 Å². The second kappa shape index (κ2) is 8.09. The molecule has 0 aliphatic carbocycles. The molecular weight excluding hydrogens is 473 g/mol. The van der Waals surface area contributed by atoms with Crippen LogP contribution in [-0.2, 0) is 0 Å². The summed E-state index contributed by atoms with van der Waals surface area (Å²) < 4.78 is 12.5. The van der Waals surface area contributed by atoms with Crippen molar-refractivity contribution < 1.29 is 9.47 Å². The van der Waals surface area contributed by atoms with E-state index in [0.717, 1.165) is 16.3 Å². The van der Waals surface area contributed by atoms with E-state index in [-0.39, 0.29) is 0 Å². The van der Waals surface area contributed by atoms with Crippen molar-refractivity contribution in [3.8, 4) is 28.6 Å². The predicted octanol–water partition coefficient (Wildman–Crippen LogP) is 6.01. The molecule has 160 valence electrons. The van der Waals surface area contributed by atoms with Crippen molar-refractivity contribution in [3.05, 3.63) is 63.7 Å². The molecule has 7 nitrogen and oxygen atoms in total. The van der Waals surface area contributed by atoms with E-state index in [0.29, 0.717) is 49.2 Å². The van der Waals surface area contributed by atoms with Crippen LogP contribution in [0.2, 0.25) is 15.1 Å². The molecule has 0 saturated carbocycles. The van der Waals surface area contributed by atoms with Crippen molar-refractivity contribution in [2.45, 2.75) is 0 Å². The molecule has 0 aliphatic heterocycles. The Hall–Kier alpha value is -3.13. The Labute approximate surface area is 197 Å². The van der Waals surface area contributed by atoms with E-state index >= 15 is 0 Å². The lowest BCUT2D eigenvalue weighted by Gasteiger charge is -2.09. The lowest BCUT2D eigenvalue weighted by atomic mass is 10.1. The topological polar surface area (TPSA) is 75.0 Å². The van der Waals surface area contributed by atoms with Crippen molar-refractivity contribution in [3.63, 3.8) is 0 Å². The zero-order chi connectivity index (χ0) is 22.4. The Morgan fingerprint density at radius 2 is 1.56 bits per heavy atom. The Balaban J connectivity index is 1.91. The van der Waals surface area contributed by atoms with Gasteiger partial charge in [0.2, 0.25) is 0 Å². The van der Waals surface area contributed by atoms with Gasteiger partial charge in [-0.25, -0.2) is 4.98 Å². The number of ether oxygens (including phenoxy) is 2. The molecule has 0 radical (unpaired) electrons. The first kappa shape index (κ1) is 20.8. The summed E-state index contributed by atoms with van der Waals surface area (Å²) >= 11 is 18.6. The zero-order valence-corrected chi connectivity index (χ0v) is 19.1. The van der Waals surface area contributed by atoms with Gasteiger partial charge in [0.25, 0.3) is 0 Å². The van der Waals surface area contributed by atoms with Crippen LogP contribution in [-0.4, -0.2) is 39.2 Å². The number of aromatic nitrogens is 5. The summed E-state index contributed by atoms with van der Waals surface area (Å²) in [7, 11) is 3.15. The highest BCUT2D eigenvalue weighted by molar-refractivity contribution is 6.35. The van der Waals surface area contributed by atoms with E-state index in [9.17, 15) is 0 Å². The normalized spacial score (nSPS) is 11.3. The van der Waals surface area contributed by atoms with Gasteiger partial charge in [0.05, 0.1) is 35.2 Å². The van der Waals surface area contributed by atoms with Crippen LogP contribution in [0, 0.1) is 0 Å². The lowest BCUT2D eigenvalue weighted by Crippen LogP contribution is -2.02. The highest BCUT2D eigenvalue weighted by Crippen LogP contribution is 2.39. The molecule has 0 saturated heterocycles. The van der Waals surface area contributed by atoms with Crippen LogP contribution in [0.5, 0.6) is 11.5 Å². The first-order chi connectivity index (χ1) is 15.5.